The molecule has 0 radical (unpaired) electrons. The quantitative estimate of drug-likeness (QED) is 0.875. The molecular weight excluding hydrogens is 266 g/mol. The van der Waals surface area contributed by atoms with Gasteiger partial charge in [-0.3, -0.25) is 4.79 Å². The lowest BCUT2D eigenvalue weighted by molar-refractivity contribution is -0.142. The number of carboxylic acid groups (broad SMARTS) is 1. The van der Waals surface area contributed by atoms with Crippen molar-refractivity contribution >= 4 is 11.9 Å². The fourth-order valence-corrected chi connectivity index (χ4v) is 2.86. The molecule has 2 rings (SSSR count). The molecule has 0 bridgehead atoms. The zero-order chi connectivity index (χ0) is 15.2. The van der Waals surface area contributed by atoms with E-state index in [9.17, 15) is 14.7 Å². The molecule has 1 fully saturated rings. The van der Waals surface area contributed by atoms with E-state index in [1.54, 1.807) is 0 Å². The van der Waals surface area contributed by atoms with Gasteiger partial charge >= 0.3 is 5.97 Å². The molecule has 0 saturated heterocycles. The van der Waals surface area contributed by atoms with Crippen molar-refractivity contribution in [1.29, 1.82) is 0 Å². The SMILES string of the molecule is C[C@H]1CC[C@H](C(=O)N[C@H](Cc2ccccc2)C(=O)O)CC1. The Labute approximate surface area is 125 Å². The molecule has 0 aromatic heterocycles. The zero-order valence-corrected chi connectivity index (χ0v) is 12.4. The lowest BCUT2D eigenvalue weighted by atomic mass is 9.82. The maximum Gasteiger partial charge on any atom is 0.326 e. The molecule has 0 spiro atoms. The first kappa shape index (κ1) is 15.5. The second-order valence-corrected chi connectivity index (χ2v) is 6.05. The molecule has 4 nitrogen and oxygen atoms in total. The van der Waals surface area contributed by atoms with Gasteiger partial charge in [0.05, 0.1) is 0 Å². The normalized spacial score (nSPS) is 23.3. The predicted molar refractivity (Wildman–Crippen MR) is 80.8 cm³/mol. The minimum absolute atomic E-state index is 0.0289. The van der Waals surface area contributed by atoms with Crippen LogP contribution in [0.1, 0.15) is 38.2 Å². The average Bonchev–Trinajstić information content (AvgIpc) is 2.48. The molecular formula is C17H23NO3. The summed E-state index contributed by atoms with van der Waals surface area (Å²) in [6.45, 7) is 2.20. The number of aliphatic carboxylic acids is 1. The summed E-state index contributed by atoms with van der Waals surface area (Å²) in [6.07, 6.45) is 4.16. The van der Waals surface area contributed by atoms with E-state index in [2.05, 4.69) is 12.2 Å². The first-order valence-electron chi connectivity index (χ1n) is 7.63. The van der Waals surface area contributed by atoms with Gasteiger partial charge in [-0.25, -0.2) is 4.79 Å². The number of carbonyl (C=O) groups excluding carboxylic acids is 1. The predicted octanol–water partition coefficient (Wildman–Crippen LogP) is 2.62. The monoisotopic (exact) mass is 289 g/mol. The summed E-state index contributed by atoms with van der Waals surface area (Å²) >= 11 is 0. The van der Waals surface area contributed by atoms with Crippen molar-refractivity contribution in [2.45, 2.75) is 45.1 Å². The van der Waals surface area contributed by atoms with E-state index in [-0.39, 0.29) is 11.8 Å². The van der Waals surface area contributed by atoms with Crippen LogP contribution in [0.3, 0.4) is 0 Å². The summed E-state index contributed by atoms with van der Waals surface area (Å²) in [6, 6.07) is 8.55. The molecule has 2 N–H and O–H groups in total. The minimum Gasteiger partial charge on any atom is -0.480 e. The highest BCUT2D eigenvalue weighted by Crippen LogP contribution is 2.28. The van der Waals surface area contributed by atoms with E-state index < -0.39 is 12.0 Å². The molecule has 1 aliphatic carbocycles. The van der Waals surface area contributed by atoms with E-state index in [0.29, 0.717) is 12.3 Å². The average molecular weight is 289 g/mol. The van der Waals surface area contributed by atoms with Crippen LogP contribution in [0.2, 0.25) is 0 Å². The largest absolute Gasteiger partial charge is 0.480 e. The third-order valence-electron chi connectivity index (χ3n) is 4.28. The van der Waals surface area contributed by atoms with E-state index in [0.717, 1.165) is 31.2 Å². The molecule has 1 atom stereocenters. The lowest BCUT2D eigenvalue weighted by Gasteiger charge is -2.26. The van der Waals surface area contributed by atoms with Crippen LogP contribution in [-0.4, -0.2) is 23.0 Å². The summed E-state index contributed by atoms with van der Waals surface area (Å²) in [5.41, 5.74) is 0.919. The Morgan fingerprint density at radius 3 is 2.38 bits per heavy atom. The van der Waals surface area contributed by atoms with Crippen LogP contribution in [0, 0.1) is 11.8 Å². The van der Waals surface area contributed by atoms with E-state index >= 15 is 0 Å². The smallest absolute Gasteiger partial charge is 0.326 e. The molecule has 1 amide bonds. The van der Waals surface area contributed by atoms with E-state index in [1.165, 1.54) is 0 Å². The summed E-state index contributed by atoms with van der Waals surface area (Å²) < 4.78 is 0. The molecule has 1 aliphatic rings. The highest BCUT2D eigenvalue weighted by molar-refractivity contribution is 5.85. The van der Waals surface area contributed by atoms with Crippen molar-refractivity contribution in [3.8, 4) is 0 Å². The van der Waals surface area contributed by atoms with Crippen LogP contribution in [0.25, 0.3) is 0 Å². The van der Waals surface area contributed by atoms with Gasteiger partial charge < -0.3 is 10.4 Å². The fourth-order valence-electron chi connectivity index (χ4n) is 2.86. The van der Waals surface area contributed by atoms with Crippen molar-refractivity contribution in [1.82, 2.24) is 5.32 Å². The van der Waals surface area contributed by atoms with Crippen LogP contribution >= 0.6 is 0 Å². The molecule has 4 heteroatoms. The molecule has 114 valence electrons. The van der Waals surface area contributed by atoms with Crippen molar-refractivity contribution in [3.05, 3.63) is 35.9 Å². The number of benzene rings is 1. The Morgan fingerprint density at radius 2 is 1.81 bits per heavy atom. The molecule has 0 unspecified atom stereocenters. The van der Waals surface area contributed by atoms with Crippen LogP contribution < -0.4 is 5.32 Å². The number of amides is 1. The molecule has 0 aliphatic heterocycles. The summed E-state index contributed by atoms with van der Waals surface area (Å²) in [7, 11) is 0. The van der Waals surface area contributed by atoms with Gasteiger partial charge in [0.25, 0.3) is 0 Å². The highest BCUT2D eigenvalue weighted by atomic mass is 16.4. The van der Waals surface area contributed by atoms with Crippen LogP contribution in [0.5, 0.6) is 0 Å². The van der Waals surface area contributed by atoms with Gasteiger partial charge in [-0.15, -0.1) is 0 Å². The Morgan fingerprint density at radius 1 is 1.19 bits per heavy atom. The number of hydrogen-bond donors (Lipinski definition) is 2. The number of nitrogens with one attached hydrogen (secondary N) is 1. The van der Waals surface area contributed by atoms with Crippen molar-refractivity contribution in [2.24, 2.45) is 11.8 Å². The van der Waals surface area contributed by atoms with Gasteiger partial charge in [0, 0.05) is 12.3 Å². The summed E-state index contributed by atoms with van der Waals surface area (Å²) in [5.74, 6) is -0.436. The van der Waals surface area contributed by atoms with Crippen molar-refractivity contribution < 1.29 is 14.7 Å². The molecule has 21 heavy (non-hydrogen) atoms. The van der Waals surface area contributed by atoms with E-state index in [4.69, 9.17) is 0 Å². The summed E-state index contributed by atoms with van der Waals surface area (Å²) in [4.78, 5) is 23.6. The second kappa shape index (κ2) is 7.25. The highest BCUT2D eigenvalue weighted by Gasteiger charge is 2.28. The van der Waals surface area contributed by atoms with Gasteiger partial charge in [0.15, 0.2) is 0 Å². The Kier molecular flexibility index (Phi) is 5.37. The van der Waals surface area contributed by atoms with Gasteiger partial charge in [0.1, 0.15) is 6.04 Å². The van der Waals surface area contributed by atoms with Crippen molar-refractivity contribution in [2.75, 3.05) is 0 Å². The Hall–Kier alpha value is -1.84. The fraction of sp³-hybridized carbons (Fsp3) is 0.529. The second-order valence-electron chi connectivity index (χ2n) is 6.05. The van der Waals surface area contributed by atoms with Crippen LogP contribution in [0.4, 0.5) is 0 Å². The Balaban J connectivity index is 1.93. The molecule has 0 heterocycles. The summed E-state index contributed by atoms with van der Waals surface area (Å²) in [5, 5.41) is 12.0. The minimum atomic E-state index is -0.976. The van der Waals surface area contributed by atoms with Gasteiger partial charge in [-0.2, -0.15) is 0 Å². The first-order chi connectivity index (χ1) is 10.1. The molecule has 1 aromatic rings. The third-order valence-corrected chi connectivity index (χ3v) is 4.28. The number of carbonyl (C=O) groups is 2. The standard InChI is InChI=1S/C17H23NO3/c1-12-7-9-14(10-8-12)16(19)18-15(17(20)21)11-13-5-3-2-4-6-13/h2-6,12,14-15H,7-11H2,1H3,(H,18,19)(H,20,21)/t12-,14-,15-/m1/s1. The molecule has 1 saturated carbocycles. The topological polar surface area (TPSA) is 66.4 Å². The van der Waals surface area contributed by atoms with Crippen molar-refractivity contribution in [3.63, 3.8) is 0 Å². The lowest BCUT2D eigenvalue weighted by Crippen LogP contribution is -2.45. The van der Waals surface area contributed by atoms with Crippen LogP contribution in [0.15, 0.2) is 30.3 Å². The zero-order valence-electron chi connectivity index (χ0n) is 12.4. The number of rotatable bonds is 5. The number of hydrogen-bond acceptors (Lipinski definition) is 2. The maximum absolute atomic E-state index is 12.2. The third kappa shape index (κ3) is 4.59. The number of carboxylic acids is 1. The first-order valence-corrected chi connectivity index (χ1v) is 7.63. The van der Waals surface area contributed by atoms with Gasteiger partial charge in [0.2, 0.25) is 5.91 Å². The van der Waals surface area contributed by atoms with Gasteiger partial charge in [-0.05, 0) is 37.2 Å². The van der Waals surface area contributed by atoms with E-state index in [1.807, 2.05) is 30.3 Å². The maximum atomic E-state index is 12.2. The van der Waals surface area contributed by atoms with Crippen LogP contribution in [-0.2, 0) is 16.0 Å². The molecule has 1 aromatic carbocycles. The Bertz CT molecular complexity index is 478. The van der Waals surface area contributed by atoms with Gasteiger partial charge in [-0.1, -0.05) is 37.3 Å².